The van der Waals surface area contributed by atoms with Gasteiger partial charge in [0.1, 0.15) is 0 Å². The second kappa shape index (κ2) is 13.3. The summed E-state index contributed by atoms with van der Waals surface area (Å²) in [7, 11) is 0.578. The Kier molecular flexibility index (Phi) is 14.5. The average Bonchev–Trinajstić information content (AvgIpc) is 2.37. The highest BCUT2D eigenvalue weighted by Gasteiger charge is 2.05. The monoisotopic (exact) mass is 432 g/mol. The molecule has 0 aliphatic rings. The fourth-order valence-corrected chi connectivity index (χ4v) is 2.19. The Morgan fingerprint density at radius 3 is 2.48 bits per heavy atom. The van der Waals surface area contributed by atoms with Crippen molar-refractivity contribution < 1.29 is 8.42 Å². The molecule has 8 heteroatoms. The minimum atomic E-state index is -3.12. The van der Waals surface area contributed by atoms with Crippen LogP contribution in [0.3, 0.4) is 0 Å². The zero-order chi connectivity index (χ0) is 15.4. The first-order chi connectivity index (χ1) is 9.40. The summed E-state index contributed by atoms with van der Waals surface area (Å²) in [5.41, 5.74) is 0. The van der Waals surface area contributed by atoms with Crippen LogP contribution >= 0.6 is 24.0 Å². The van der Waals surface area contributed by atoms with Gasteiger partial charge in [-0.15, -0.1) is 30.6 Å². The van der Waals surface area contributed by atoms with Crippen molar-refractivity contribution in [2.45, 2.75) is 25.7 Å². The molecule has 0 rings (SSSR count). The number of nitrogens with zero attached hydrogens (tertiary/aromatic N) is 2. The molecule has 0 heterocycles. The molecule has 21 heavy (non-hydrogen) atoms. The second-order valence-corrected chi connectivity index (χ2v) is 6.53. The van der Waals surface area contributed by atoms with Gasteiger partial charge >= 0.3 is 0 Å². The van der Waals surface area contributed by atoms with E-state index in [-0.39, 0.29) is 24.0 Å². The standard InChI is InChI=1S/C13H28N4O2S.HI/c1-5-6-7-8-9-12-17(3)13(14-2)15-10-11-16-20(4,18)19;/h5,16H,1,6-12H2,2-4H3,(H,14,15);1H. The van der Waals surface area contributed by atoms with E-state index >= 15 is 0 Å². The van der Waals surface area contributed by atoms with Gasteiger partial charge < -0.3 is 10.2 Å². The van der Waals surface area contributed by atoms with Crippen molar-refractivity contribution in [3.8, 4) is 0 Å². The number of hydrogen-bond donors (Lipinski definition) is 2. The van der Waals surface area contributed by atoms with Gasteiger partial charge in [-0.25, -0.2) is 13.1 Å². The van der Waals surface area contributed by atoms with Crippen LogP contribution in [-0.2, 0) is 10.0 Å². The van der Waals surface area contributed by atoms with Gasteiger partial charge in [0.05, 0.1) is 6.26 Å². The quantitative estimate of drug-likeness (QED) is 0.180. The molecule has 0 aromatic carbocycles. The fraction of sp³-hybridized carbons (Fsp3) is 0.769. The van der Waals surface area contributed by atoms with Gasteiger partial charge in [0.25, 0.3) is 0 Å². The first-order valence-electron chi connectivity index (χ1n) is 6.88. The van der Waals surface area contributed by atoms with E-state index in [1.54, 1.807) is 7.05 Å². The van der Waals surface area contributed by atoms with E-state index in [1.165, 1.54) is 12.8 Å². The molecular weight excluding hydrogens is 403 g/mol. The normalized spacial score (nSPS) is 11.7. The SMILES string of the molecule is C=CCCCCCN(C)C(=NC)NCCNS(C)(=O)=O.I. The zero-order valence-electron chi connectivity index (χ0n) is 13.3. The van der Waals surface area contributed by atoms with Gasteiger partial charge in [-0.3, -0.25) is 4.99 Å². The number of unbranched alkanes of at least 4 members (excludes halogenated alkanes) is 3. The maximum absolute atomic E-state index is 10.9. The van der Waals surface area contributed by atoms with Gasteiger partial charge in [0, 0.05) is 33.7 Å². The summed E-state index contributed by atoms with van der Waals surface area (Å²) >= 11 is 0. The third-order valence-electron chi connectivity index (χ3n) is 2.75. The summed E-state index contributed by atoms with van der Waals surface area (Å²) in [6.07, 6.45) is 7.60. The number of halogens is 1. The lowest BCUT2D eigenvalue weighted by molar-refractivity contribution is 0.455. The molecule has 0 unspecified atom stereocenters. The molecule has 0 aliphatic heterocycles. The van der Waals surface area contributed by atoms with Crippen LogP contribution in [0.5, 0.6) is 0 Å². The smallest absolute Gasteiger partial charge is 0.208 e. The van der Waals surface area contributed by atoms with Crippen molar-refractivity contribution in [3.63, 3.8) is 0 Å². The highest BCUT2D eigenvalue weighted by Crippen LogP contribution is 2.01. The van der Waals surface area contributed by atoms with Crippen molar-refractivity contribution >= 4 is 40.0 Å². The van der Waals surface area contributed by atoms with E-state index in [2.05, 4.69) is 21.6 Å². The topological polar surface area (TPSA) is 73.8 Å². The van der Waals surface area contributed by atoms with Crippen LogP contribution in [0.2, 0.25) is 0 Å². The largest absolute Gasteiger partial charge is 0.355 e. The molecule has 0 bridgehead atoms. The molecule has 0 fully saturated rings. The summed E-state index contributed by atoms with van der Waals surface area (Å²) < 4.78 is 24.3. The number of rotatable bonds is 10. The Bertz CT molecular complexity index is 399. The molecule has 0 saturated carbocycles. The molecule has 0 radical (unpaired) electrons. The number of nitrogens with one attached hydrogen (secondary N) is 2. The molecule has 0 aromatic heterocycles. The molecule has 0 saturated heterocycles. The molecule has 126 valence electrons. The lowest BCUT2D eigenvalue weighted by atomic mass is 10.2. The van der Waals surface area contributed by atoms with Crippen LogP contribution in [0.25, 0.3) is 0 Å². The van der Waals surface area contributed by atoms with Crippen molar-refractivity contribution in [2.24, 2.45) is 4.99 Å². The van der Waals surface area contributed by atoms with E-state index in [4.69, 9.17) is 0 Å². The molecule has 0 aliphatic carbocycles. The van der Waals surface area contributed by atoms with Gasteiger partial charge in [-0.1, -0.05) is 12.5 Å². The van der Waals surface area contributed by atoms with Gasteiger partial charge in [0.15, 0.2) is 5.96 Å². The van der Waals surface area contributed by atoms with Crippen LogP contribution in [0.15, 0.2) is 17.6 Å². The third kappa shape index (κ3) is 14.4. The maximum Gasteiger partial charge on any atom is 0.208 e. The predicted octanol–water partition coefficient (Wildman–Crippen LogP) is 1.41. The van der Waals surface area contributed by atoms with Crippen LogP contribution in [0.4, 0.5) is 0 Å². The summed E-state index contributed by atoms with van der Waals surface area (Å²) in [5, 5.41) is 3.13. The molecular formula is C13H29IN4O2S. The van der Waals surface area contributed by atoms with Crippen LogP contribution in [0, 0.1) is 0 Å². The van der Waals surface area contributed by atoms with Crippen LogP contribution in [-0.4, -0.2) is 59.3 Å². The Hall–Kier alpha value is -0.350. The second-order valence-electron chi connectivity index (χ2n) is 4.70. The Balaban J connectivity index is 0. The Morgan fingerprint density at radius 1 is 1.29 bits per heavy atom. The number of aliphatic imine (C=N–C) groups is 1. The van der Waals surface area contributed by atoms with E-state index in [0.29, 0.717) is 13.1 Å². The number of allylic oxidation sites excluding steroid dienone is 1. The highest BCUT2D eigenvalue weighted by atomic mass is 127. The summed E-state index contributed by atoms with van der Waals surface area (Å²) in [6, 6.07) is 0. The zero-order valence-corrected chi connectivity index (χ0v) is 16.4. The molecule has 6 nitrogen and oxygen atoms in total. The molecule has 0 atom stereocenters. The first-order valence-corrected chi connectivity index (χ1v) is 8.77. The minimum Gasteiger partial charge on any atom is -0.355 e. The van der Waals surface area contributed by atoms with Gasteiger partial charge in [-0.05, 0) is 19.3 Å². The van der Waals surface area contributed by atoms with E-state index in [0.717, 1.165) is 31.6 Å². The van der Waals surface area contributed by atoms with Crippen molar-refractivity contribution in [3.05, 3.63) is 12.7 Å². The number of sulfonamides is 1. The highest BCUT2D eigenvalue weighted by molar-refractivity contribution is 14.0. The van der Waals surface area contributed by atoms with E-state index in [9.17, 15) is 8.42 Å². The first kappa shape index (κ1) is 22.9. The molecule has 0 spiro atoms. The van der Waals surface area contributed by atoms with Crippen LogP contribution < -0.4 is 10.0 Å². The summed E-state index contributed by atoms with van der Waals surface area (Å²) in [5.74, 6) is 0.782. The number of hydrogen-bond acceptors (Lipinski definition) is 3. The number of guanidine groups is 1. The average molecular weight is 432 g/mol. The van der Waals surface area contributed by atoms with Crippen LogP contribution in [0.1, 0.15) is 25.7 Å². The Morgan fingerprint density at radius 2 is 1.95 bits per heavy atom. The van der Waals surface area contributed by atoms with Crippen molar-refractivity contribution in [2.75, 3.05) is 40.0 Å². The lowest BCUT2D eigenvalue weighted by Crippen LogP contribution is -2.42. The summed E-state index contributed by atoms with van der Waals surface area (Å²) in [6.45, 7) is 5.50. The fourth-order valence-electron chi connectivity index (χ4n) is 1.72. The minimum absolute atomic E-state index is 0. The lowest BCUT2D eigenvalue weighted by Gasteiger charge is -2.22. The van der Waals surface area contributed by atoms with Crippen molar-refractivity contribution in [1.29, 1.82) is 0 Å². The van der Waals surface area contributed by atoms with E-state index in [1.807, 2.05) is 18.0 Å². The summed E-state index contributed by atoms with van der Waals surface area (Å²) in [4.78, 5) is 6.23. The molecule has 0 aromatic rings. The van der Waals surface area contributed by atoms with Gasteiger partial charge in [-0.2, -0.15) is 0 Å². The third-order valence-corrected chi connectivity index (χ3v) is 3.48. The van der Waals surface area contributed by atoms with E-state index < -0.39 is 10.0 Å². The molecule has 2 N–H and O–H groups in total. The van der Waals surface area contributed by atoms with Gasteiger partial charge in [0.2, 0.25) is 10.0 Å². The van der Waals surface area contributed by atoms with Crippen molar-refractivity contribution in [1.82, 2.24) is 14.9 Å². The predicted molar refractivity (Wildman–Crippen MR) is 101 cm³/mol. The Labute approximate surface area is 146 Å². The maximum atomic E-state index is 10.9. The molecule has 0 amide bonds.